The van der Waals surface area contributed by atoms with E-state index in [4.69, 9.17) is 19.7 Å². The van der Waals surface area contributed by atoms with Gasteiger partial charge in [-0.25, -0.2) is 0 Å². The van der Waals surface area contributed by atoms with Gasteiger partial charge in [-0.3, -0.25) is 9.59 Å². The first kappa shape index (κ1) is 20.2. The van der Waals surface area contributed by atoms with Crippen molar-refractivity contribution in [1.82, 2.24) is 0 Å². The van der Waals surface area contributed by atoms with Gasteiger partial charge in [-0.1, -0.05) is 31.8 Å². The van der Waals surface area contributed by atoms with Gasteiger partial charge in [0.15, 0.2) is 12.2 Å². The molecule has 9 nitrogen and oxygen atoms in total. The second-order valence-electron chi connectivity index (χ2n) is 5.65. The number of unbranched alkanes of at least 4 members (excludes halogenated alkanes) is 2. The maximum atomic E-state index is 11.9. The summed E-state index contributed by atoms with van der Waals surface area (Å²) in [6.45, 7) is 3.07. The molecule has 1 saturated heterocycles. The van der Waals surface area contributed by atoms with E-state index in [1.807, 2.05) is 13.8 Å². The van der Waals surface area contributed by atoms with Crippen molar-refractivity contribution in [2.45, 2.75) is 70.3 Å². The van der Waals surface area contributed by atoms with Crippen LogP contribution in [0, 0.1) is 0 Å². The summed E-state index contributed by atoms with van der Waals surface area (Å²) in [4.78, 5) is 26.4. The van der Waals surface area contributed by atoms with Crippen molar-refractivity contribution < 1.29 is 28.9 Å². The van der Waals surface area contributed by atoms with Crippen LogP contribution in [0.25, 0.3) is 10.4 Å². The van der Waals surface area contributed by atoms with Gasteiger partial charge in [-0.2, -0.15) is 0 Å². The molecule has 0 aromatic rings. The Labute approximate surface area is 140 Å². The molecule has 0 bridgehead atoms. The molecule has 3 atom stereocenters. The largest absolute Gasteiger partial charge is 0.456 e. The normalized spacial score (nSPS) is 25.8. The molecular formula is C15H25N3O6. The molecule has 24 heavy (non-hydrogen) atoms. The minimum absolute atomic E-state index is 0.122. The van der Waals surface area contributed by atoms with Gasteiger partial charge < -0.3 is 19.3 Å². The minimum Gasteiger partial charge on any atom is -0.456 e. The molecule has 0 saturated carbocycles. The van der Waals surface area contributed by atoms with Gasteiger partial charge in [0, 0.05) is 17.8 Å². The summed E-state index contributed by atoms with van der Waals surface area (Å²) >= 11 is 0. The molecule has 1 N–H and O–H groups in total. The van der Waals surface area contributed by atoms with Crippen LogP contribution in [0.3, 0.4) is 0 Å². The molecule has 0 aliphatic carbocycles. The monoisotopic (exact) mass is 343 g/mol. The number of carbonyl (C=O) groups is 2. The Morgan fingerprint density at radius 1 is 1.25 bits per heavy atom. The number of azide groups is 1. The predicted octanol–water partition coefficient (Wildman–Crippen LogP) is 2.22. The van der Waals surface area contributed by atoms with E-state index in [-0.39, 0.29) is 19.4 Å². The molecule has 0 radical (unpaired) electrons. The third-order valence-corrected chi connectivity index (χ3v) is 3.73. The maximum Gasteiger partial charge on any atom is 0.306 e. The Hall–Kier alpha value is -1.83. The number of rotatable bonds is 10. The quantitative estimate of drug-likeness (QED) is 0.280. The van der Waals surface area contributed by atoms with Gasteiger partial charge in [0.1, 0.15) is 0 Å². The molecule has 1 heterocycles. The molecule has 9 heteroatoms. The van der Waals surface area contributed by atoms with Crippen molar-refractivity contribution in [3.05, 3.63) is 10.4 Å². The first-order chi connectivity index (χ1) is 11.5. The fourth-order valence-electron chi connectivity index (χ4n) is 2.35. The second kappa shape index (κ2) is 10.1. The average molecular weight is 343 g/mol. The lowest BCUT2D eigenvalue weighted by atomic mass is 10.1. The summed E-state index contributed by atoms with van der Waals surface area (Å²) in [6.07, 6.45) is 1.29. The van der Waals surface area contributed by atoms with Crippen molar-refractivity contribution in [3.63, 3.8) is 0 Å². The smallest absolute Gasteiger partial charge is 0.306 e. The molecular weight excluding hydrogens is 318 g/mol. The lowest BCUT2D eigenvalue weighted by Gasteiger charge is -2.29. The first-order valence-electron chi connectivity index (χ1n) is 8.23. The molecule has 0 aromatic carbocycles. The van der Waals surface area contributed by atoms with Gasteiger partial charge >= 0.3 is 11.9 Å². The van der Waals surface area contributed by atoms with E-state index in [9.17, 15) is 14.7 Å². The van der Waals surface area contributed by atoms with Crippen molar-refractivity contribution >= 4 is 11.9 Å². The van der Waals surface area contributed by atoms with E-state index in [0.717, 1.165) is 12.8 Å². The number of nitrogens with zero attached hydrogens (tertiary/aromatic N) is 3. The van der Waals surface area contributed by atoms with E-state index in [2.05, 4.69) is 10.0 Å². The first-order valence-corrected chi connectivity index (χ1v) is 8.23. The third-order valence-electron chi connectivity index (χ3n) is 3.73. The molecule has 0 aromatic heterocycles. The van der Waals surface area contributed by atoms with E-state index in [1.165, 1.54) is 0 Å². The van der Waals surface area contributed by atoms with Crippen molar-refractivity contribution in [3.8, 4) is 0 Å². The summed E-state index contributed by atoms with van der Waals surface area (Å²) in [5.41, 5.74) is 6.95. The van der Waals surface area contributed by atoms with Crippen LogP contribution in [0.1, 0.15) is 52.4 Å². The van der Waals surface area contributed by atoms with Crippen molar-refractivity contribution in [1.29, 1.82) is 0 Å². The third kappa shape index (κ3) is 5.36. The second-order valence-corrected chi connectivity index (χ2v) is 5.65. The van der Waals surface area contributed by atoms with Crippen LogP contribution in [-0.4, -0.2) is 48.2 Å². The molecule has 1 aliphatic rings. The van der Waals surface area contributed by atoms with E-state index < -0.39 is 36.5 Å². The number of hydrogen-bond acceptors (Lipinski definition) is 7. The SMILES string of the molecule is CCCCC(=O)O[C@@H]1CO[C@@](CO)(N=[N+]=[N-])[C@H]1OC(=O)CCCC. The fraction of sp³-hybridized carbons (Fsp3) is 0.867. The van der Waals surface area contributed by atoms with Gasteiger partial charge in [-0.15, -0.1) is 0 Å². The Morgan fingerprint density at radius 3 is 2.33 bits per heavy atom. The van der Waals surface area contributed by atoms with Crippen LogP contribution in [0.15, 0.2) is 5.11 Å². The number of ether oxygens (including phenoxy) is 3. The summed E-state index contributed by atoms with van der Waals surface area (Å²) in [5, 5.41) is 13.0. The van der Waals surface area contributed by atoms with E-state index in [0.29, 0.717) is 12.8 Å². The van der Waals surface area contributed by atoms with Crippen LogP contribution in [0.2, 0.25) is 0 Å². The topological polar surface area (TPSA) is 131 Å². The van der Waals surface area contributed by atoms with E-state index >= 15 is 0 Å². The highest BCUT2D eigenvalue weighted by Crippen LogP contribution is 2.33. The highest BCUT2D eigenvalue weighted by Gasteiger charge is 2.54. The van der Waals surface area contributed by atoms with Crippen LogP contribution in [0.4, 0.5) is 0 Å². The van der Waals surface area contributed by atoms with E-state index in [1.54, 1.807) is 0 Å². The Balaban J connectivity index is 2.86. The Morgan fingerprint density at radius 2 is 1.83 bits per heavy atom. The van der Waals surface area contributed by atoms with Crippen molar-refractivity contribution in [2.75, 3.05) is 13.2 Å². The summed E-state index contributed by atoms with van der Waals surface area (Å²) in [7, 11) is 0. The summed E-state index contributed by atoms with van der Waals surface area (Å²) in [6, 6.07) is 0. The Kier molecular flexibility index (Phi) is 8.53. The molecule has 1 fully saturated rings. The van der Waals surface area contributed by atoms with Crippen LogP contribution >= 0.6 is 0 Å². The molecule has 0 spiro atoms. The molecule has 136 valence electrons. The highest BCUT2D eigenvalue weighted by atomic mass is 16.6. The molecule has 0 unspecified atom stereocenters. The van der Waals surface area contributed by atoms with Gasteiger partial charge in [0.2, 0.25) is 5.72 Å². The highest BCUT2D eigenvalue weighted by molar-refractivity contribution is 5.71. The number of aliphatic hydroxyl groups excluding tert-OH is 1. The number of hydrogen-bond donors (Lipinski definition) is 1. The number of carbonyl (C=O) groups excluding carboxylic acids is 2. The molecule has 1 aliphatic heterocycles. The van der Waals surface area contributed by atoms with Gasteiger partial charge in [0.25, 0.3) is 0 Å². The summed E-state index contributed by atoms with van der Waals surface area (Å²) < 4.78 is 16.0. The zero-order valence-corrected chi connectivity index (χ0v) is 14.1. The fourth-order valence-corrected chi connectivity index (χ4v) is 2.35. The number of esters is 2. The van der Waals surface area contributed by atoms with Crippen LogP contribution < -0.4 is 0 Å². The molecule has 1 rings (SSSR count). The standard InChI is InChI=1S/C15H25N3O6/c1-3-5-7-12(20)23-11-9-22-15(10-19,17-18-16)14(11)24-13(21)8-6-4-2/h11,14,19H,3-10H2,1-2H3/t11-,14+,15-/m1/s1. The average Bonchev–Trinajstić information content (AvgIpc) is 2.89. The van der Waals surface area contributed by atoms with Crippen LogP contribution in [0.5, 0.6) is 0 Å². The lowest BCUT2D eigenvalue weighted by Crippen LogP contribution is -2.48. The van der Waals surface area contributed by atoms with Gasteiger partial charge in [0.05, 0.1) is 13.2 Å². The number of aliphatic hydroxyl groups is 1. The minimum atomic E-state index is -1.77. The van der Waals surface area contributed by atoms with Gasteiger partial charge in [-0.05, 0) is 18.4 Å². The van der Waals surface area contributed by atoms with Crippen LogP contribution in [-0.2, 0) is 23.8 Å². The van der Waals surface area contributed by atoms with Crippen molar-refractivity contribution in [2.24, 2.45) is 5.11 Å². The Bertz CT molecular complexity index is 480. The zero-order valence-electron chi connectivity index (χ0n) is 14.1. The lowest BCUT2D eigenvalue weighted by molar-refractivity contribution is -0.173. The predicted molar refractivity (Wildman–Crippen MR) is 83.7 cm³/mol. The molecule has 0 amide bonds. The summed E-state index contributed by atoms with van der Waals surface area (Å²) in [5.74, 6) is -0.970. The zero-order chi connectivity index (χ0) is 18.0. The maximum absolute atomic E-state index is 11.9.